The van der Waals surface area contributed by atoms with E-state index in [1.807, 2.05) is 0 Å². The first-order valence-electron chi connectivity index (χ1n) is 5.70. The van der Waals surface area contributed by atoms with Crippen molar-refractivity contribution in [2.45, 2.75) is 26.4 Å². The first-order valence-corrected chi connectivity index (χ1v) is 5.70. The summed E-state index contributed by atoms with van der Waals surface area (Å²) in [6.45, 7) is 4.89. The van der Waals surface area contributed by atoms with Crippen LogP contribution in [0, 0.1) is 11.6 Å². The third-order valence-electron chi connectivity index (χ3n) is 2.16. The normalized spacial score (nSPS) is 10.9. The Bertz CT molecular complexity index is 538. The van der Waals surface area contributed by atoms with E-state index in [4.69, 9.17) is 4.74 Å². The number of carbonyl (C=O) groups excluding carboxylic acids is 2. The molecule has 0 spiro atoms. The number of anilines is 1. The Morgan fingerprint density at radius 1 is 1.30 bits per heavy atom. The van der Waals surface area contributed by atoms with Crippen LogP contribution in [0.15, 0.2) is 6.07 Å². The van der Waals surface area contributed by atoms with Crippen molar-refractivity contribution in [2.75, 3.05) is 12.4 Å². The monoisotopic (exact) mass is 287 g/mol. The molecular formula is C13H15F2NO4. The van der Waals surface area contributed by atoms with E-state index in [2.05, 4.69) is 10.1 Å². The molecule has 1 aromatic rings. The van der Waals surface area contributed by atoms with Crippen molar-refractivity contribution in [3.63, 3.8) is 0 Å². The van der Waals surface area contributed by atoms with Gasteiger partial charge in [-0.2, -0.15) is 0 Å². The zero-order valence-corrected chi connectivity index (χ0v) is 11.5. The van der Waals surface area contributed by atoms with Crippen molar-refractivity contribution >= 4 is 18.1 Å². The summed E-state index contributed by atoms with van der Waals surface area (Å²) in [6.07, 6.45) is -0.737. The van der Waals surface area contributed by atoms with Gasteiger partial charge >= 0.3 is 6.09 Å². The van der Waals surface area contributed by atoms with Gasteiger partial charge in [0.25, 0.3) is 0 Å². The lowest BCUT2D eigenvalue weighted by Gasteiger charge is -2.20. The van der Waals surface area contributed by atoms with Gasteiger partial charge in [0, 0.05) is 0 Å². The molecule has 1 aromatic carbocycles. The number of benzene rings is 1. The minimum Gasteiger partial charge on any atom is -0.491 e. The van der Waals surface area contributed by atoms with Crippen molar-refractivity contribution in [3.8, 4) is 5.75 Å². The highest BCUT2D eigenvalue weighted by atomic mass is 19.1. The molecule has 20 heavy (non-hydrogen) atoms. The number of amides is 1. The topological polar surface area (TPSA) is 64.6 Å². The van der Waals surface area contributed by atoms with Crippen LogP contribution in [0.25, 0.3) is 0 Å². The summed E-state index contributed by atoms with van der Waals surface area (Å²) >= 11 is 0. The van der Waals surface area contributed by atoms with Crippen LogP contribution in [0.3, 0.4) is 0 Å². The van der Waals surface area contributed by atoms with E-state index < -0.39 is 40.3 Å². The van der Waals surface area contributed by atoms with Crippen LogP contribution >= 0.6 is 0 Å². The van der Waals surface area contributed by atoms with Gasteiger partial charge in [0.15, 0.2) is 23.7 Å². The number of hydrogen-bond donors (Lipinski definition) is 1. The Morgan fingerprint density at radius 2 is 1.90 bits per heavy atom. The molecule has 0 unspecified atom stereocenters. The number of halogens is 2. The number of aldehydes is 1. The van der Waals surface area contributed by atoms with E-state index in [0.717, 1.165) is 13.2 Å². The standard InChI is InChI=1S/C13H15F2NO4/c1-13(2,3)20-12(18)16-8-5-7(6-17)9(14)11(19-4)10(8)15/h5-6H,1-4H3,(H,16,18). The zero-order valence-electron chi connectivity index (χ0n) is 11.5. The summed E-state index contributed by atoms with van der Waals surface area (Å²) < 4.78 is 36.9. The summed E-state index contributed by atoms with van der Waals surface area (Å²) in [7, 11) is 1.05. The molecule has 1 amide bonds. The molecular weight excluding hydrogens is 272 g/mol. The fourth-order valence-electron chi connectivity index (χ4n) is 1.40. The number of carbonyl (C=O) groups is 2. The van der Waals surface area contributed by atoms with Gasteiger partial charge in [0.1, 0.15) is 5.60 Å². The maximum atomic E-state index is 13.9. The molecule has 0 heterocycles. The molecule has 0 atom stereocenters. The van der Waals surface area contributed by atoms with Gasteiger partial charge in [-0.25, -0.2) is 13.6 Å². The lowest BCUT2D eigenvalue weighted by molar-refractivity contribution is 0.0635. The van der Waals surface area contributed by atoms with Gasteiger partial charge in [-0.1, -0.05) is 0 Å². The van der Waals surface area contributed by atoms with E-state index in [1.54, 1.807) is 20.8 Å². The Hall–Kier alpha value is -2.18. The second kappa shape index (κ2) is 5.85. The highest BCUT2D eigenvalue weighted by Crippen LogP contribution is 2.30. The summed E-state index contributed by atoms with van der Waals surface area (Å²) in [5, 5.41) is 2.10. The Kier molecular flexibility index (Phi) is 4.65. The molecule has 0 aliphatic carbocycles. The molecule has 1 N–H and O–H groups in total. The Balaban J connectivity index is 3.13. The largest absolute Gasteiger partial charge is 0.491 e. The van der Waals surface area contributed by atoms with Crippen molar-refractivity contribution in [1.82, 2.24) is 0 Å². The van der Waals surface area contributed by atoms with Crippen LogP contribution in [0.1, 0.15) is 31.1 Å². The predicted octanol–water partition coefficient (Wildman–Crippen LogP) is 3.13. The number of hydrogen-bond acceptors (Lipinski definition) is 4. The number of methoxy groups -OCH3 is 1. The molecule has 7 heteroatoms. The van der Waals surface area contributed by atoms with E-state index >= 15 is 0 Å². The molecule has 0 bridgehead atoms. The smallest absolute Gasteiger partial charge is 0.412 e. The van der Waals surface area contributed by atoms with E-state index in [-0.39, 0.29) is 6.29 Å². The molecule has 0 aliphatic heterocycles. The number of rotatable bonds is 3. The molecule has 0 radical (unpaired) electrons. The van der Waals surface area contributed by atoms with E-state index in [9.17, 15) is 18.4 Å². The van der Waals surface area contributed by atoms with Gasteiger partial charge in [0.05, 0.1) is 18.4 Å². The zero-order chi connectivity index (χ0) is 15.5. The van der Waals surface area contributed by atoms with Crippen molar-refractivity contribution in [3.05, 3.63) is 23.3 Å². The average molecular weight is 287 g/mol. The predicted molar refractivity (Wildman–Crippen MR) is 68.2 cm³/mol. The van der Waals surface area contributed by atoms with Crippen molar-refractivity contribution < 1.29 is 27.8 Å². The summed E-state index contributed by atoms with van der Waals surface area (Å²) in [4.78, 5) is 22.3. The SMILES string of the molecule is COc1c(F)c(C=O)cc(NC(=O)OC(C)(C)C)c1F. The van der Waals surface area contributed by atoms with Crippen LogP contribution in [0.4, 0.5) is 19.3 Å². The van der Waals surface area contributed by atoms with Crippen LogP contribution in [-0.4, -0.2) is 25.1 Å². The van der Waals surface area contributed by atoms with E-state index in [1.165, 1.54) is 0 Å². The van der Waals surface area contributed by atoms with Crippen molar-refractivity contribution in [2.24, 2.45) is 0 Å². The number of ether oxygens (including phenoxy) is 2. The second-order valence-electron chi connectivity index (χ2n) is 4.92. The van der Waals surface area contributed by atoms with E-state index in [0.29, 0.717) is 0 Å². The third-order valence-corrected chi connectivity index (χ3v) is 2.16. The van der Waals surface area contributed by atoms with Gasteiger partial charge in [-0.05, 0) is 26.8 Å². The summed E-state index contributed by atoms with van der Waals surface area (Å²) in [5.41, 5.74) is -1.62. The van der Waals surface area contributed by atoms with Crippen LogP contribution in [-0.2, 0) is 4.74 Å². The first kappa shape index (κ1) is 15.9. The molecule has 0 saturated heterocycles. The first-order chi connectivity index (χ1) is 9.19. The Morgan fingerprint density at radius 3 is 2.35 bits per heavy atom. The molecule has 0 aromatic heterocycles. The molecule has 1 rings (SSSR count). The van der Waals surface area contributed by atoms with Gasteiger partial charge in [0.2, 0.25) is 0 Å². The number of nitrogens with one attached hydrogen (secondary N) is 1. The van der Waals surface area contributed by atoms with Gasteiger partial charge in [-0.3, -0.25) is 10.1 Å². The molecule has 110 valence electrons. The summed E-state index contributed by atoms with van der Waals surface area (Å²) in [6, 6.07) is 0.865. The molecule has 0 saturated carbocycles. The van der Waals surface area contributed by atoms with Gasteiger partial charge < -0.3 is 9.47 Å². The van der Waals surface area contributed by atoms with Crippen LogP contribution in [0.5, 0.6) is 5.75 Å². The lowest BCUT2D eigenvalue weighted by Crippen LogP contribution is -2.27. The summed E-state index contributed by atoms with van der Waals surface area (Å²) in [5.74, 6) is -3.00. The minimum atomic E-state index is -1.13. The average Bonchev–Trinajstić information content (AvgIpc) is 2.31. The highest BCUT2D eigenvalue weighted by molar-refractivity contribution is 5.88. The highest BCUT2D eigenvalue weighted by Gasteiger charge is 2.22. The lowest BCUT2D eigenvalue weighted by atomic mass is 10.1. The maximum Gasteiger partial charge on any atom is 0.412 e. The quantitative estimate of drug-likeness (QED) is 0.867. The van der Waals surface area contributed by atoms with Gasteiger partial charge in [-0.15, -0.1) is 0 Å². The molecule has 0 aliphatic rings. The fourth-order valence-corrected chi connectivity index (χ4v) is 1.40. The molecule has 5 nitrogen and oxygen atoms in total. The second-order valence-corrected chi connectivity index (χ2v) is 4.92. The minimum absolute atomic E-state index is 0.192. The van der Waals surface area contributed by atoms with Crippen LogP contribution in [0.2, 0.25) is 0 Å². The van der Waals surface area contributed by atoms with Crippen LogP contribution < -0.4 is 10.1 Å². The molecule has 0 fully saturated rings. The maximum absolute atomic E-state index is 13.9. The Labute approximate surface area is 114 Å². The third kappa shape index (κ3) is 3.66. The van der Waals surface area contributed by atoms with Crippen molar-refractivity contribution in [1.29, 1.82) is 0 Å². The fraction of sp³-hybridized carbons (Fsp3) is 0.385.